The average molecular weight is 317 g/mol. The van der Waals surface area contributed by atoms with Crippen LogP contribution in [0.2, 0.25) is 0 Å². The molecule has 1 heterocycles. The Hall–Kier alpha value is -2.14. The average Bonchev–Trinajstić information content (AvgIpc) is 3.03. The molecule has 0 spiro atoms. The van der Waals surface area contributed by atoms with Gasteiger partial charge in [0.05, 0.1) is 0 Å². The van der Waals surface area contributed by atoms with Crippen LogP contribution in [0.3, 0.4) is 0 Å². The summed E-state index contributed by atoms with van der Waals surface area (Å²) in [6, 6.07) is 9.33. The van der Waals surface area contributed by atoms with Gasteiger partial charge in [-0.05, 0) is 42.8 Å². The molecule has 1 amide bonds. The summed E-state index contributed by atoms with van der Waals surface area (Å²) in [5.41, 5.74) is 2.85. The van der Waals surface area contributed by atoms with Crippen molar-refractivity contribution in [1.29, 1.82) is 0 Å². The molecule has 0 aliphatic rings. The van der Waals surface area contributed by atoms with Crippen molar-refractivity contribution in [3.8, 4) is 0 Å². The Morgan fingerprint density at radius 2 is 2.05 bits per heavy atom. The quantitative estimate of drug-likeness (QED) is 0.853. The minimum atomic E-state index is -0.848. The lowest BCUT2D eigenvalue weighted by molar-refractivity contribution is -0.123. The van der Waals surface area contributed by atoms with Crippen molar-refractivity contribution in [3.05, 3.63) is 51.7 Å². The van der Waals surface area contributed by atoms with E-state index in [9.17, 15) is 9.59 Å². The number of carbonyl (C=O) groups is 2. The summed E-state index contributed by atoms with van der Waals surface area (Å²) in [6.07, 6.45) is -0.0281. The maximum Gasteiger partial charge on any atom is 0.349 e. The number of hydrogen-bond donors (Lipinski definition) is 1. The lowest BCUT2D eigenvalue weighted by Crippen LogP contribution is -2.30. The second-order valence-electron chi connectivity index (χ2n) is 4.98. The fraction of sp³-hybridized carbons (Fsp3) is 0.294. The third-order valence-corrected chi connectivity index (χ3v) is 4.21. The van der Waals surface area contributed by atoms with E-state index in [1.165, 1.54) is 11.3 Å². The molecule has 116 valence electrons. The molecular weight excluding hydrogens is 298 g/mol. The largest absolute Gasteiger partial charge is 0.448 e. The van der Waals surface area contributed by atoms with Crippen LogP contribution in [-0.2, 0) is 16.0 Å². The van der Waals surface area contributed by atoms with Crippen LogP contribution in [0.1, 0.15) is 34.6 Å². The van der Waals surface area contributed by atoms with E-state index < -0.39 is 12.1 Å². The summed E-state index contributed by atoms with van der Waals surface area (Å²) >= 11 is 1.29. The van der Waals surface area contributed by atoms with Crippen LogP contribution in [0.25, 0.3) is 0 Å². The number of thiophene rings is 1. The number of carbonyl (C=O) groups excluding carboxylic acids is 2. The Morgan fingerprint density at radius 1 is 1.27 bits per heavy atom. The first-order chi connectivity index (χ1) is 10.5. The molecule has 1 aromatic carbocycles. The van der Waals surface area contributed by atoms with Crippen LogP contribution >= 0.6 is 11.3 Å². The minimum absolute atomic E-state index is 0.325. The number of aryl methyl sites for hydroxylation is 2. The topological polar surface area (TPSA) is 55.4 Å². The van der Waals surface area contributed by atoms with Gasteiger partial charge in [-0.15, -0.1) is 11.3 Å². The van der Waals surface area contributed by atoms with Crippen molar-refractivity contribution < 1.29 is 14.3 Å². The van der Waals surface area contributed by atoms with Gasteiger partial charge >= 0.3 is 5.97 Å². The normalized spacial score (nSPS) is 11.8. The summed E-state index contributed by atoms with van der Waals surface area (Å²) in [4.78, 5) is 24.6. The van der Waals surface area contributed by atoms with Crippen molar-refractivity contribution in [2.24, 2.45) is 0 Å². The SMILES string of the molecule is CCc1cccc(C)c1NC(=O)C(C)OC(=O)c1cccs1. The molecule has 2 aromatic rings. The van der Waals surface area contributed by atoms with Crippen molar-refractivity contribution in [2.45, 2.75) is 33.3 Å². The molecule has 1 atom stereocenters. The molecule has 1 unspecified atom stereocenters. The number of nitrogens with one attached hydrogen (secondary N) is 1. The molecule has 0 bridgehead atoms. The number of rotatable bonds is 5. The zero-order valence-corrected chi connectivity index (χ0v) is 13.7. The Labute approximate surface area is 134 Å². The highest BCUT2D eigenvalue weighted by molar-refractivity contribution is 7.11. The number of amides is 1. The molecule has 0 saturated heterocycles. The Kier molecular flexibility index (Phi) is 5.33. The number of hydrogen-bond acceptors (Lipinski definition) is 4. The number of anilines is 1. The van der Waals surface area contributed by atoms with E-state index in [4.69, 9.17) is 4.74 Å². The highest BCUT2D eigenvalue weighted by Crippen LogP contribution is 2.21. The van der Waals surface area contributed by atoms with E-state index in [0.29, 0.717) is 4.88 Å². The Balaban J connectivity index is 2.04. The first kappa shape index (κ1) is 16.2. The van der Waals surface area contributed by atoms with Gasteiger partial charge < -0.3 is 10.1 Å². The smallest absolute Gasteiger partial charge is 0.349 e. The van der Waals surface area contributed by atoms with E-state index in [1.807, 2.05) is 32.0 Å². The van der Waals surface area contributed by atoms with Gasteiger partial charge in [0.15, 0.2) is 6.10 Å². The predicted octanol–water partition coefficient (Wildman–Crippen LogP) is 3.80. The molecule has 0 aliphatic heterocycles. The van der Waals surface area contributed by atoms with Gasteiger partial charge in [-0.1, -0.05) is 31.2 Å². The molecule has 1 aromatic heterocycles. The maximum absolute atomic E-state index is 12.3. The summed E-state index contributed by atoms with van der Waals surface area (Å²) in [5.74, 6) is -0.799. The molecule has 0 fully saturated rings. The molecule has 0 radical (unpaired) electrons. The fourth-order valence-corrected chi connectivity index (χ4v) is 2.70. The van der Waals surface area contributed by atoms with Gasteiger partial charge in [-0.3, -0.25) is 4.79 Å². The molecule has 0 aliphatic carbocycles. The Bertz CT molecular complexity index is 665. The molecule has 0 saturated carbocycles. The number of esters is 1. The monoisotopic (exact) mass is 317 g/mol. The number of ether oxygens (including phenoxy) is 1. The molecule has 1 N–H and O–H groups in total. The second kappa shape index (κ2) is 7.22. The second-order valence-corrected chi connectivity index (χ2v) is 5.92. The Morgan fingerprint density at radius 3 is 2.68 bits per heavy atom. The molecule has 5 heteroatoms. The van der Waals surface area contributed by atoms with E-state index in [2.05, 4.69) is 5.32 Å². The van der Waals surface area contributed by atoms with E-state index in [-0.39, 0.29) is 5.91 Å². The van der Waals surface area contributed by atoms with Crippen LogP contribution in [-0.4, -0.2) is 18.0 Å². The standard InChI is InChI=1S/C17H19NO3S/c1-4-13-8-5-7-11(2)15(13)18-16(19)12(3)21-17(20)14-9-6-10-22-14/h5-10,12H,4H2,1-3H3,(H,18,19). The van der Waals surface area contributed by atoms with Gasteiger partial charge in [0.2, 0.25) is 0 Å². The predicted molar refractivity (Wildman–Crippen MR) is 88.4 cm³/mol. The fourth-order valence-electron chi connectivity index (χ4n) is 2.09. The molecule has 4 nitrogen and oxygen atoms in total. The van der Waals surface area contributed by atoms with Crippen LogP contribution in [0.15, 0.2) is 35.7 Å². The van der Waals surface area contributed by atoms with Crippen molar-refractivity contribution in [1.82, 2.24) is 0 Å². The first-order valence-electron chi connectivity index (χ1n) is 7.16. The van der Waals surface area contributed by atoms with Crippen LogP contribution < -0.4 is 5.32 Å². The van der Waals surface area contributed by atoms with Crippen LogP contribution in [0.4, 0.5) is 5.69 Å². The number of benzene rings is 1. The minimum Gasteiger partial charge on any atom is -0.448 e. The number of para-hydroxylation sites is 1. The summed E-state index contributed by atoms with van der Waals surface area (Å²) in [7, 11) is 0. The van der Waals surface area contributed by atoms with Crippen LogP contribution in [0.5, 0.6) is 0 Å². The van der Waals surface area contributed by atoms with Gasteiger partial charge in [0.25, 0.3) is 5.91 Å². The zero-order chi connectivity index (χ0) is 16.1. The van der Waals surface area contributed by atoms with Crippen molar-refractivity contribution >= 4 is 28.9 Å². The summed E-state index contributed by atoms with van der Waals surface area (Å²) in [5, 5.41) is 4.66. The highest BCUT2D eigenvalue weighted by atomic mass is 32.1. The first-order valence-corrected chi connectivity index (χ1v) is 8.04. The third-order valence-electron chi connectivity index (χ3n) is 3.36. The lowest BCUT2D eigenvalue weighted by Gasteiger charge is -2.16. The molecule has 2 rings (SSSR count). The summed E-state index contributed by atoms with van der Waals surface area (Å²) in [6.45, 7) is 5.55. The zero-order valence-electron chi connectivity index (χ0n) is 12.9. The van der Waals surface area contributed by atoms with E-state index in [0.717, 1.165) is 23.2 Å². The summed E-state index contributed by atoms with van der Waals surface area (Å²) < 4.78 is 5.20. The van der Waals surface area contributed by atoms with Crippen LogP contribution in [0, 0.1) is 6.92 Å². The van der Waals surface area contributed by atoms with Gasteiger partial charge in [0.1, 0.15) is 4.88 Å². The van der Waals surface area contributed by atoms with Crippen molar-refractivity contribution in [2.75, 3.05) is 5.32 Å². The highest BCUT2D eigenvalue weighted by Gasteiger charge is 2.20. The van der Waals surface area contributed by atoms with E-state index in [1.54, 1.807) is 24.4 Å². The van der Waals surface area contributed by atoms with E-state index >= 15 is 0 Å². The van der Waals surface area contributed by atoms with Gasteiger partial charge in [0, 0.05) is 5.69 Å². The van der Waals surface area contributed by atoms with Gasteiger partial charge in [-0.2, -0.15) is 0 Å². The lowest BCUT2D eigenvalue weighted by atomic mass is 10.1. The molecular formula is C17H19NO3S. The third kappa shape index (κ3) is 3.74. The molecule has 22 heavy (non-hydrogen) atoms. The maximum atomic E-state index is 12.3. The van der Waals surface area contributed by atoms with Gasteiger partial charge in [-0.25, -0.2) is 4.79 Å². The van der Waals surface area contributed by atoms with Crippen molar-refractivity contribution in [3.63, 3.8) is 0 Å².